The molecule has 1 N–H and O–H groups in total. The summed E-state index contributed by atoms with van der Waals surface area (Å²) in [5.74, 6) is -1.13. The number of ether oxygens (including phenoxy) is 1. The Morgan fingerprint density at radius 1 is 0.774 bits per heavy atom. The molecule has 0 bridgehead atoms. The van der Waals surface area contributed by atoms with Crippen LogP contribution in [0.25, 0.3) is 11.1 Å². The summed E-state index contributed by atoms with van der Waals surface area (Å²) in [5.41, 5.74) is 5.35. The third-order valence-electron chi connectivity index (χ3n) is 5.11. The standard InChI is InChI=1S/C26H25NO4/c1-18-7-6-10-23(19(18)2)27-25(29)17-31-26(30)16-15-24(28)22-13-11-21(12-14-22)20-8-4-3-5-9-20/h3-14H,15-17H2,1-2H3,(H,27,29). The predicted octanol–water partition coefficient (Wildman–Crippen LogP) is 5.12. The average molecular weight is 415 g/mol. The molecule has 5 heteroatoms. The molecule has 158 valence electrons. The zero-order chi connectivity index (χ0) is 22.2. The topological polar surface area (TPSA) is 72.5 Å². The number of anilines is 1. The van der Waals surface area contributed by atoms with E-state index in [2.05, 4.69) is 5.32 Å². The first-order valence-electron chi connectivity index (χ1n) is 10.1. The van der Waals surface area contributed by atoms with Gasteiger partial charge in [0.2, 0.25) is 0 Å². The Labute approximate surface area is 182 Å². The Bertz CT molecular complexity index is 1070. The Hall–Kier alpha value is -3.73. The Kier molecular flexibility index (Phi) is 7.33. The highest BCUT2D eigenvalue weighted by atomic mass is 16.5. The van der Waals surface area contributed by atoms with E-state index in [1.807, 2.05) is 68.4 Å². The van der Waals surface area contributed by atoms with Gasteiger partial charge in [0.15, 0.2) is 12.4 Å². The molecule has 0 aliphatic heterocycles. The summed E-state index contributed by atoms with van der Waals surface area (Å²) >= 11 is 0. The molecule has 5 nitrogen and oxygen atoms in total. The number of benzene rings is 3. The summed E-state index contributed by atoms with van der Waals surface area (Å²) < 4.78 is 5.01. The minimum absolute atomic E-state index is 0.0299. The number of Topliss-reactive ketones (excluding diaryl/α,β-unsaturated/α-hetero) is 1. The normalized spacial score (nSPS) is 10.4. The smallest absolute Gasteiger partial charge is 0.306 e. The summed E-state index contributed by atoms with van der Waals surface area (Å²) in [5, 5.41) is 2.73. The number of ketones is 1. The molecule has 3 aromatic carbocycles. The number of hydrogen-bond donors (Lipinski definition) is 1. The molecule has 0 spiro atoms. The van der Waals surface area contributed by atoms with Gasteiger partial charge in [-0.15, -0.1) is 0 Å². The van der Waals surface area contributed by atoms with Crippen molar-refractivity contribution >= 4 is 23.3 Å². The van der Waals surface area contributed by atoms with Crippen molar-refractivity contribution in [1.82, 2.24) is 0 Å². The fraction of sp³-hybridized carbons (Fsp3) is 0.192. The van der Waals surface area contributed by atoms with Crippen LogP contribution in [0.5, 0.6) is 0 Å². The maximum absolute atomic E-state index is 12.4. The number of aryl methyl sites for hydroxylation is 1. The molecule has 0 fully saturated rings. The van der Waals surface area contributed by atoms with Gasteiger partial charge in [-0.3, -0.25) is 14.4 Å². The largest absolute Gasteiger partial charge is 0.456 e. The molecule has 1 amide bonds. The first kappa shape index (κ1) is 22.0. The highest BCUT2D eigenvalue weighted by molar-refractivity contribution is 5.98. The molecular formula is C26H25NO4. The van der Waals surface area contributed by atoms with Gasteiger partial charge in [0.05, 0.1) is 6.42 Å². The van der Waals surface area contributed by atoms with Crippen LogP contribution in [0.3, 0.4) is 0 Å². The molecule has 0 aliphatic carbocycles. The molecule has 0 heterocycles. The van der Waals surface area contributed by atoms with Gasteiger partial charge in [-0.1, -0.05) is 66.7 Å². The number of carbonyl (C=O) groups is 3. The summed E-state index contributed by atoms with van der Waals surface area (Å²) in [6.45, 7) is 3.48. The SMILES string of the molecule is Cc1cccc(NC(=O)COC(=O)CCC(=O)c2ccc(-c3ccccc3)cc2)c1C. The van der Waals surface area contributed by atoms with Crippen LogP contribution in [0, 0.1) is 13.8 Å². The van der Waals surface area contributed by atoms with Crippen molar-refractivity contribution in [3.8, 4) is 11.1 Å². The van der Waals surface area contributed by atoms with E-state index < -0.39 is 11.9 Å². The number of amides is 1. The van der Waals surface area contributed by atoms with Crippen LogP contribution < -0.4 is 5.32 Å². The molecule has 0 atom stereocenters. The van der Waals surface area contributed by atoms with Crippen LogP contribution in [0.2, 0.25) is 0 Å². The van der Waals surface area contributed by atoms with Crippen molar-refractivity contribution in [3.63, 3.8) is 0 Å². The van der Waals surface area contributed by atoms with Crippen molar-refractivity contribution < 1.29 is 19.1 Å². The molecular weight excluding hydrogens is 390 g/mol. The number of rotatable bonds is 8. The van der Waals surface area contributed by atoms with Crippen molar-refractivity contribution in [3.05, 3.63) is 89.5 Å². The van der Waals surface area contributed by atoms with Crippen molar-refractivity contribution in [2.75, 3.05) is 11.9 Å². The molecule has 0 radical (unpaired) electrons. The number of hydrogen-bond acceptors (Lipinski definition) is 4. The zero-order valence-electron chi connectivity index (χ0n) is 17.7. The molecule has 3 rings (SSSR count). The molecule has 0 aromatic heterocycles. The second-order valence-corrected chi connectivity index (χ2v) is 7.32. The van der Waals surface area contributed by atoms with Gasteiger partial charge in [0, 0.05) is 17.7 Å². The van der Waals surface area contributed by atoms with Gasteiger partial charge >= 0.3 is 5.97 Å². The highest BCUT2D eigenvalue weighted by Gasteiger charge is 2.13. The number of esters is 1. The van der Waals surface area contributed by atoms with Crippen molar-refractivity contribution in [2.24, 2.45) is 0 Å². The van der Waals surface area contributed by atoms with E-state index in [1.165, 1.54) is 0 Å². The molecule has 0 saturated carbocycles. The second-order valence-electron chi connectivity index (χ2n) is 7.32. The van der Waals surface area contributed by atoms with Gasteiger partial charge in [-0.25, -0.2) is 0 Å². The van der Waals surface area contributed by atoms with E-state index in [9.17, 15) is 14.4 Å². The first-order chi connectivity index (χ1) is 14.9. The van der Waals surface area contributed by atoms with E-state index in [0.29, 0.717) is 11.3 Å². The zero-order valence-corrected chi connectivity index (χ0v) is 17.7. The number of nitrogens with one attached hydrogen (secondary N) is 1. The van der Waals surface area contributed by atoms with E-state index in [4.69, 9.17) is 4.74 Å². The molecule has 0 unspecified atom stereocenters. The molecule has 0 aliphatic rings. The van der Waals surface area contributed by atoms with Gasteiger partial charge in [0.1, 0.15) is 0 Å². The quantitative estimate of drug-likeness (QED) is 0.410. The Morgan fingerprint density at radius 2 is 1.45 bits per heavy atom. The minimum Gasteiger partial charge on any atom is -0.456 e. The summed E-state index contributed by atoms with van der Waals surface area (Å²) in [7, 11) is 0. The number of carbonyl (C=O) groups excluding carboxylic acids is 3. The van der Waals surface area contributed by atoms with Crippen LogP contribution >= 0.6 is 0 Å². The van der Waals surface area contributed by atoms with E-state index in [-0.39, 0.29) is 25.2 Å². The van der Waals surface area contributed by atoms with Gasteiger partial charge in [0.25, 0.3) is 5.91 Å². The summed E-state index contributed by atoms with van der Waals surface area (Å²) in [6, 6.07) is 22.8. The Balaban J connectivity index is 1.44. The van der Waals surface area contributed by atoms with Crippen molar-refractivity contribution in [1.29, 1.82) is 0 Å². The fourth-order valence-electron chi connectivity index (χ4n) is 3.13. The monoisotopic (exact) mass is 415 g/mol. The fourth-order valence-corrected chi connectivity index (χ4v) is 3.13. The molecule has 31 heavy (non-hydrogen) atoms. The van der Waals surface area contributed by atoms with Gasteiger partial charge < -0.3 is 10.1 Å². The lowest BCUT2D eigenvalue weighted by molar-refractivity contribution is -0.147. The summed E-state index contributed by atoms with van der Waals surface area (Å²) in [6.07, 6.45) is -0.0435. The third kappa shape index (κ3) is 6.12. The third-order valence-corrected chi connectivity index (χ3v) is 5.11. The van der Waals surface area contributed by atoms with Crippen LogP contribution in [0.4, 0.5) is 5.69 Å². The van der Waals surface area contributed by atoms with Gasteiger partial charge in [-0.05, 0) is 42.2 Å². The lowest BCUT2D eigenvalue weighted by atomic mass is 10.0. The van der Waals surface area contributed by atoms with Gasteiger partial charge in [-0.2, -0.15) is 0 Å². The van der Waals surface area contributed by atoms with Crippen LogP contribution in [-0.4, -0.2) is 24.3 Å². The van der Waals surface area contributed by atoms with E-state index in [0.717, 1.165) is 22.3 Å². The minimum atomic E-state index is -0.578. The Morgan fingerprint density at radius 3 is 2.16 bits per heavy atom. The van der Waals surface area contributed by atoms with Crippen LogP contribution in [-0.2, 0) is 14.3 Å². The maximum atomic E-state index is 12.4. The average Bonchev–Trinajstić information content (AvgIpc) is 2.80. The summed E-state index contributed by atoms with van der Waals surface area (Å²) in [4.78, 5) is 36.3. The maximum Gasteiger partial charge on any atom is 0.306 e. The lowest BCUT2D eigenvalue weighted by Gasteiger charge is -2.10. The lowest BCUT2D eigenvalue weighted by Crippen LogP contribution is -2.21. The van der Waals surface area contributed by atoms with E-state index >= 15 is 0 Å². The molecule has 0 saturated heterocycles. The first-order valence-corrected chi connectivity index (χ1v) is 10.1. The van der Waals surface area contributed by atoms with E-state index in [1.54, 1.807) is 18.2 Å². The second kappa shape index (κ2) is 10.3. The van der Waals surface area contributed by atoms with Crippen LogP contribution in [0.15, 0.2) is 72.8 Å². The highest BCUT2D eigenvalue weighted by Crippen LogP contribution is 2.20. The molecule has 3 aromatic rings. The predicted molar refractivity (Wildman–Crippen MR) is 121 cm³/mol. The van der Waals surface area contributed by atoms with Crippen molar-refractivity contribution in [2.45, 2.75) is 26.7 Å². The van der Waals surface area contributed by atoms with Crippen LogP contribution in [0.1, 0.15) is 34.3 Å².